The minimum atomic E-state index is -1.68. The number of guanidine groups is 1. The third kappa shape index (κ3) is 33.2. The average molecular weight is 1720 g/mol. The molecule has 38 nitrogen and oxygen atoms in total. The molecule has 0 saturated carbocycles. The van der Waals surface area contributed by atoms with Crippen LogP contribution in [-0.2, 0) is 105 Å². The number of aromatic amines is 2. The van der Waals surface area contributed by atoms with Gasteiger partial charge in [0, 0.05) is 128 Å². The number of likely N-dealkylation sites (tertiary alicyclic amines) is 1. The summed E-state index contributed by atoms with van der Waals surface area (Å²) in [7, 11) is 0. The van der Waals surface area contributed by atoms with Crippen LogP contribution < -0.4 is 43.8 Å². The van der Waals surface area contributed by atoms with Crippen LogP contribution in [0.3, 0.4) is 0 Å². The summed E-state index contributed by atoms with van der Waals surface area (Å²) in [5.74, 6) is -15.7. The third-order valence-electron chi connectivity index (χ3n) is 20.8. The van der Waals surface area contributed by atoms with Gasteiger partial charge in [0.15, 0.2) is 23.3 Å². The lowest BCUT2D eigenvalue weighted by atomic mass is 9.88. The van der Waals surface area contributed by atoms with Gasteiger partial charge in [0.1, 0.15) is 36.3 Å². The zero-order valence-electron chi connectivity index (χ0n) is 69.5. The van der Waals surface area contributed by atoms with Crippen LogP contribution in [0, 0.1) is 29.6 Å². The molecule has 1 aliphatic heterocycles. The van der Waals surface area contributed by atoms with Gasteiger partial charge in [0.25, 0.3) is 0 Å². The maximum absolute atomic E-state index is 14.8. The highest BCUT2D eigenvalue weighted by atomic mass is 16.5. The molecule has 2 aliphatic rings. The molecule has 8 atom stereocenters. The number of aromatic hydroxyl groups is 1. The van der Waals surface area contributed by atoms with E-state index < -0.39 is 182 Å². The molecule has 17 N–H and O–H groups in total. The molecule has 1 saturated heterocycles. The standard InChI is InChI=1S/C68H96N16O18.C18H16O4/c1-41(2)27-44(64(96)80-54(9-5-18-74-68(70)71)67(99)84-20-6-10-57(84)66(98)77-38-60(69)91)31-51(88)37-76-62(94)45(28-42-11-14-49(86)15-12-42)32-59(90)56(39-85)82-65(97)46(29-47-35-75-53-8-4-3-7-52(47)53)33-58(89)55(34-48-36-73-40-78-48)81-63(95)43(13-16-61(92)93)30-50(87)17-21-100-23-25-102-26-24-101-22-19-79-83-72;19-17(20)9-10-18(21)22-11-16-14-7-3-1-5-12(14)13-6-2-4-8-15(13)16/h3-4,7-8,11-12,14-15,35-36,40-41,43-46,54-57,75,85-86H,5-6,9-10,13,16-34,37-39H2,1-2H3,(H2,69,91)(H,73,78)(H,76,94)(H,77,98)(H,80,96)(H,81,95)(H,82,97)(H,92,93)(H4,70,71,74);1-8,16H,9-11H2,(H,19,20). The maximum atomic E-state index is 14.8. The number of H-pyrrole nitrogens is 2. The number of primary amides is 1. The van der Waals surface area contributed by atoms with Crippen LogP contribution in [-0.4, -0.2) is 238 Å². The maximum Gasteiger partial charge on any atom is 0.306 e. The molecule has 1 aliphatic carbocycles. The zero-order valence-corrected chi connectivity index (χ0v) is 69.5. The van der Waals surface area contributed by atoms with Crippen molar-refractivity contribution in [1.29, 1.82) is 0 Å². The lowest BCUT2D eigenvalue weighted by Gasteiger charge is -2.30. The Morgan fingerprint density at radius 1 is 0.621 bits per heavy atom. The van der Waals surface area contributed by atoms with E-state index in [-0.39, 0.29) is 160 Å². The molecule has 124 heavy (non-hydrogen) atoms. The largest absolute Gasteiger partial charge is 0.508 e. The fourth-order valence-corrected chi connectivity index (χ4v) is 14.6. The van der Waals surface area contributed by atoms with Crippen molar-refractivity contribution in [2.75, 3.05) is 85.6 Å². The Morgan fingerprint density at radius 2 is 1.23 bits per heavy atom. The number of phenols is 1. The number of azide groups is 1. The molecule has 7 amide bonds. The summed E-state index contributed by atoms with van der Waals surface area (Å²) >= 11 is 0. The van der Waals surface area contributed by atoms with Crippen molar-refractivity contribution in [3.05, 3.63) is 154 Å². The number of aliphatic hydroxyl groups excluding tert-OH is 1. The summed E-state index contributed by atoms with van der Waals surface area (Å²) in [6.07, 6.45) is 1.84. The Labute approximate surface area is 715 Å². The fraction of sp³-hybridized carbons (Fsp3) is 0.488. The molecule has 0 bridgehead atoms. The highest BCUT2D eigenvalue weighted by Gasteiger charge is 2.40. The number of aliphatic imine (C=N–C) groups is 1. The summed E-state index contributed by atoms with van der Waals surface area (Å²) in [6, 6.07) is 23.8. The normalized spacial score (nSPS) is 14.4. The number of imidazole rings is 1. The van der Waals surface area contributed by atoms with Gasteiger partial charge in [-0.3, -0.25) is 72.1 Å². The molecule has 38 heteroatoms. The topological polar surface area (TPSA) is 604 Å². The van der Waals surface area contributed by atoms with Gasteiger partial charge in [-0.1, -0.05) is 97.8 Å². The number of fused-ring (bicyclic) bond motifs is 4. The van der Waals surface area contributed by atoms with Gasteiger partial charge in [-0.15, -0.1) is 0 Å². The number of nitrogens with one attached hydrogen (secondary N) is 7. The fourth-order valence-electron chi connectivity index (χ4n) is 14.6. The van der Waals surface area contributed by atoms with Gasteiger partial charge in [0.2, 0.25) is 41.4 Å². The number of ketones is 4. The zero-order chi connectivity index (χ0) is 90.0. The lowest BCUT2D eigenvalue weighted by molar-refractivity contribution is -0.147. The van der Waals surface area contributed by atoms with Crippen molar-refractivity contribution >= 4 is 99.3 Å². The predicted octanol–water partition coefficient (Wildman–Crippen LogP) is 4.00. The van der Waals surface area contributed by atoms with Crippen LogP contribution in [0.5, 0.6) is 5.75 Å². The van der Waals surface area contributed by atoms with E-state index in [9.17, 15) is 82.4 Å². The first-order valence-corrected chi connectivity index (χ1v) is 41.1. The molecule has 2 aromatic heterocycles. The smallest absolute Gasteiger partial charge is 0.306 e. The van der Waals surface area contributed by atoms with E-state index in [0.717, 1.165) is 11.1 Å². The van der Waals surface area contributed by atoms with Crippen molar-refractivity contribution in [3.8, 4) is 16.9 Å². The molecule has 8 rings (SSSR count). The highest BCUT2D eigenvalue weighted by Crippen LogP contribution is 2.44. The predicted molar refractivity (Wildman–Crippen MR) is 450 cm³/mol. The monoisotopic (exact) mass is 1720 g/mol. The molecular formula is C86H112N16O22. The number of para-hydroxylation sites is 1. The number of benzene rings is 4. The summed E-state index contributed by atoms with van der Waals surface area (Å²) < 4.78 is 21.5. The number of aliphatic hydroxyl groups is 1. The third-order valence-corrected chi connectivity index (χ3v) is 20.8. The number of nitrogens with zero attached hydrogens (tertiary/aromatic N) is 6. The first kappa shape index (κ1) is 98.3. The van der Waals surface area contributed by atoms with Crippen molar-refractivity contribution in [2.24, 2.45) is 56.9 Å². The Kier molecular flexibility index (Phi) is 41.1. The molecule has 8 unspecified atom stereocenters. The number of carboxylic acids is 2. The van der Waals surface area contributed by atoms with E-state index in [1.54, 1.807) is 30.5 Å². The van der Waals surface area contributed by atoms with Crippen molar-refractivity contribution < 1.29 is 106 Å². The van der Waals surface area contributed by atoms with Gasteiger partial charge in [-0.25, -0.2) is 4.98 Å². The Hall–Kier alpha value is -12.8. The van der Waals surface area contributed by atoms with Crippen molar-refractivity contribution in [3.63, 3.8) is 0 Å². The highest BCUT2D eigenvalue weighted by molar-refractivity contribution is 5.99. The van der Waals surface area contributed by atoms with Crippen LogP contribution in [0.1, 0.15) is 138 Å². The van der Waals surface area contributed by atoms with Crippen molar-refractivity contribution in [1.82, 2.24) is 46.4 Å². The number of aromatic nitrogens is 3. The summed E-state index contributed by atoms with van der Waals surface area (Å²) in [5, 5.41) is 56.4. The number of rotatable bonds is 56. The molecule has 0 radical (unpaired) electrons. The number of ether oxygens (including phenoxy) is 4. The van der Waals surface area contributed by atoms with Gasteiger partial charge in [-0.2, -0.15) is 0 Å². The van der Waals surface area contributed by atoms with E-state index in [4.69, 9.17) is 46.8 Å². The SMILES string of the molecule is CC(C)CC(CC(=O)CNC(=O)C(CC(=O)C(CO)NC(=O)C(CC(=O)C(Cc1cnc[nH]1)NC(=O)C(CCC(=O)O)CC(=O)CCOCCOCCOCCN=[N+]=[N-])Cc1c[nH]c2ccccc12)Cc1ccc(O)cc1)C(=O)NC(CCCN=C(N)N)C(=O)N1CCCC1C(=O)NCC(N)=O.O=C(O)CCC(=O)OCC1c2ccccc2-c2ccccc21. The Balaban J connectivity index is 0.000000821. The minimum Gasteiger partial charge on any atom is -0.508 e. The van der Waals surface area contributed by atoms with E-state index in [1.807, 2.05) is 50.2 Å². The number of esters is 1. The van der Waals surface area contributed by atoms with Crippen LogP contribution in [0.25, 0.3) is 32.5 Å². The number of aliphatic carboxylic acids is 2. The Morgan fingerprint density at radius 3 is 1.86 bits per heavy atom. The van der Waals surface area contributed by atoms with Gasteiger partial charge < -0.3 is 98.0 Å². The van der Waals surface area contributed by atoms with Crippen LogP contribution in [0.2, 0.25) is 0 Å². The van der Waals surface area contributed by atoms with E-state index >= 15 is 0 Å². The van der Waals surface area contributed by atoms with Crippen molar-refractivity contribution in [2.45, 2.75) is 153 Å². The summed E-state index contributed by atoms with van der Waals surface area (Å²) in [4.78, 5) is 205. The number of hydrogen-bond acceptors (Lipinski definition) is 23. The molecule has 6 aromatic rings. The van der Waals surface area contributed by atoms with Crippen LogP contribution in [0.4, 0.5) is 0 Å². The molecule has 3 heterocycles. The average Bonchev–Trinajstić information content (AvgIpc) is 1.61. The summed E-state index contributed by atoms with van der Waals surface area (Å²) in [6.45, 7) is 3.26. The number of hydrogen-bond donors (Lipinski definition) is 14. The van der Waals surface area contributed by atoms with Gasteiger partial charge >= 0.3 is 17.9 Å². The Bertz CT molecular complexity index is 4630. The van der Waals surface area contributed by atoms with E-state index in [1.165, 1.54) is 52.8 Å². The number of nitrogens with two attached hydrogens (primary N) is 3. The van der Waals surface area contributed by atoms with Gasteiger partial charge in [0.05, 0.1) is 84.5 Å². The molecule has 0 spiro atoms. The van der Waals surface area contributed by atoms with E-state index in [0.29, 0.717) is 34.1 Å². The van der Waals surface area contributed by atoms with Crippen LogP contribution in [0.15, 0.2) is 126 Å². The first-order valence-electron chi connectivity index (χ1n) is 41.1. The quantitative estimate of drug-likeness (QED) is 0.00488. The molecule has 4 aromatic carbocycles. The first-order chi connectivity index (χ1) is 59.5. The number of carbonyl (C=O) groups is 14. The number of Topliss-reactive ketones (excluding diaryl/α,β-unsaturated/α-hetero) is 4. The van der Waals surface area contributed by atoms with Crippen LogP contribution >= 0.6 is 0 Å². The number of amides is 7. The van der Waals surface area contributed by atoms with E-state index in [2.05, 4.69) is 68.7 Å². The molecule has 1 fully saturated rings. The molecular weight excluding hydrogens is 1610 g/mol. The van der Waals surface area contributed by atoms with Gasteiger partial charge in [-0.05, 0) is 114 Å². The molecule has 668 valence electrons. The summed E-state index contributed by atoms with van der Waals surface area (Å²) in [5.41, 5.74) is 31.4. The second kappa shape index (κ2) is 51.9. The number of carboxylic acid groups (broad SMARTS) is 2. The second-order valence-corrected chi connectivity index (χ2v) is 30.6. The minimum absolute atomic E-state index is 0.0150. The number of carbonyl (C=O) groups excluding carboxylic acids is 12. The lowest BCUT2D eigenvalue weighted by Crippen LogP contribution is -2.55. The number of phenolic OH excluding ortho intramolecular Hbond substituents is 1. The second-order valence-electron chi connectivity index (χ2n) is 30.6.